The van der Waals surface area contributed by atoms with Crippen LogP contribution in [0.25, 0.3) is 17.2 Å². The predicted octanol–water partition coefficient (Wildman–Crippen LogP) is 4.87. The number of nitro benzene ring substituents is 1. The standard InChI is InChI=1S/C22H17NO5/c1-28-21-14-15(13-19(22(21)25)23(26)27)7-12-20(24)18-10-8-17(9-11-18)16-5-3-2-4-6-16/h2-14,25H,1H3/b12-7+. The number of benzene rings is 3. The molecule has 140 valence electrons. The second-order valence-corrected chi connectivity index (χ2v) is 5.99. The second-order valence-electron chi connectivity index (χ2n) is 5.99. The van der Waals surface area contributed by atoms with Gasteiger partial charge in [0.25, 0.3) is 0 Å². The largest absolute Gasteiger partial charge is 0.500 e. The normalized spacial score (nSPS) is 10.8. The van der Waals surface area contributed by atoms with E-state index < -0.39 is 16.4 Å². The molecule has 0 fully saturated rings. The summed E-state index contributed by atoms with van der Waals surface area (Å²) in [5.41, 5.74) is 2.44. The lowest BCUT2D eigenvalue weighted by molar-refractivity contribution is -0.386. The van der Waals surface area contributed by atoms with Crippen molar-refractivity contribution in [3.8, 4) is 22.6 Å². The minimum atomic E-state index is -0.709. The zero-order valence-electron chi connectivity index (χ0n) is 15.0. The van der Waals surface area contributed by atoms with Crippen molar-refractivity contribution in [2.75, 3.05) is 7.11 Å². The molecule has 0 heterocycles. The lowest BCUT2D eigenvalue weighted by Gasteiger charge is -2.05. The number of ketones is 1. The minimum Gasteiger partial charge on any atom is -0.500 e. The van der Waals surface area contributed by atoms with Crippen molar-refractivity contribution in [1.29, 1.82) is 0 Å². The third-order valence-corrected chi connectivity index (χ3v) is 4.20. The fraction of sp³-hybridized carbons (Fsp3) is 0.0455. The highest BCUT2D eigenvalue weighted by Gasteiger charge is 2.19. The summed E-state index contributed by atoms with van der Waals surface area (Å²) in [6.45, 7) is 0. The monoisotopic (exact) mass is 375 g/mol. The SMILES string of the molecule is COc1cc(/C=C/C(=O)c2ccc(-c3ccccc3)cc2)cc([N+](=O)[O-])c1O. The number of aromatic hydroxyl groups is 1. The molecule has 0 spiro atoms. The molecule has 0 unspecified atom stereocenters. The van der Waals surface area contributed by atoms with E-state index in [9.17, 15) is 20.0 Å². The molecule has 0 bridgehead atoms. The zero-order valence-corrected chi connectivity index (χ0v) is 15.0. The molecule has 6 nitrogen and oxygen atoms in total. The van der Waals surface area contributed by atoms with Gasteiger partial charge in [-0.2, -0.15) is 0 Å². The van der Waals surface area contributed by atoms with Crippen LogP contribution in [0.3, 0.4) is 0 Å². The third-order valence-electron chi connectivity index (χ3n) is 4.20. The van der Waals surface area contributed by atoms with Crippen molar-refractivity contribution in [3.63, 3.8) is 0 Å². The molecule has 0 saturated heterocycles. The van der Waals surface area contributed by atoms with E-state index in [4.69, 9.17) is 4.74 Å². The third kappa shape index (κ3) is 4.07. The van der Waals surface area contributed by atoms with Gasteiger partial charge in [-0.3, -0.25) is 14.9 Å². The molecule has 0 atom stereocenters. The molecule has 3 aromatic rings. The lowest BCUT2D eigenvalue weighted by Crippen LogP contribution is -1.95. The molecule has 0 radical (unpaired) electrons. The number of hydrogen-bond acceptors (Lipinski definition) is 5. The highest BCUT2D eigenvalue weighted by Crippen LogP contribution is 2.37. The van der Waals surface area contributed by atoms with Gasteiger partial charge in [0.2, 0.25) is 5.75 Å². The van der Waals surface area contributed by atoms with Crippen LogP contribution in [0.15, 0.2) is 72.8 Å². The molecule has 0 amide bonds. The first-order chi connectivity index (χ1) is 13.5. The number of phenolic OH excluding ortho intramolecular Hbond substituents is 1. The van der Waals surface area contributed by atoms with E-state index in [0.717, 1.165) is 11.1 Å². The van der Waals surface area contributed by atoms with Crippen LogP contribution in [0.1, 0.15) is 15.9 Å². The summed E-state index contributed by atoms with van der Waals surface area (Å²) in [6, 6.07) is 19.6. The van der Waals surface area contributed by atoms with Crippen molar-refractivity contribution in [1.82, 2.24) is 0 Å². The van der Waals surface area contributed by atoms with Crippen molar-refractivity contribution < 1.29 is 19.6 Å². The number of hydrogen-bond donors (Lipinski definition) is 1. The van der Waals surface area contributed by atoms with Crippen LogP contribution in [0, 0.1) is 10.1 Å². The summed E-state index contributed by atoms with van der Waals surface area (Å²) in [4.78, 5) is 22.7. The van der Waals surface area contributed by atoms with Crippen molar-refractivity contribution >= 4 is 17.5 Å². The van der Waals surface area contributed by atoms with Gasteiger partial charge in [-0.15, -0.1) is 0 Å². The minimum absolute atomic E-state index is 0.0338. The Morgan fingerprint density at radius 2 is 1.68 bits per heavy atom. The smallest absolute Gasteiger partial charge is 0.315 e. The van der Waals surface area contributed by atoms with Crippen molar-refractivity contribution in [3.05, 3.63) is 94.0 Å². The van der Waals surface area contributed by atoms with E-state index in [0.29, 0.717) is 11.1 Å². The number of allylic oxidation sites excluding steroid dienone is 1. The summed E-state index contributed by atoms with van der Waals surface area (Å²) in [6.07, 6.45) is 2.77. The Morgan fingerprint density at radius 1 is 1.04 bits per heavy atom. The summed E-state index contributed by atoms with van der Waals surface area (Å²) in [5.74, 6) is -0.824. The van der Waals surface area contributed by atoms with Crippen molar-refractivity contribution in [2.45, 2.75) is 0 Å². The predicted molar refractivity (Wildman–Crippen MR) is 107 cm³/mol. The highest BCUT2D eigenvalue weighted by molar-refractivity contribution is 6.07. The Labute approximate surface area is 161 Å². The van der Waals surface area contributed by atoms with Crippen LogP contribution < -0.4 is 4.74 Å². The quantitative estimate of drug-likeness (QED) is 0.287. The molecule has 28 heavy (non-hydrogen) atoms. The molecule has 3 rings (SSSR count). The van der Waals surface area contributed by atoms with Crippen LogP contribution >= 0.6 is 0 Å². The first kappa shape index (κ1) is 18.8. The van der Waals surface area contributed by atoms with Crippen molar-refractivity contribution in [2.24, 2.45) is 0 Å². The number of methoxy groups -OCH3 is 1. The van der Waals surface area contributed by atoms with E-state index in [1.54, 1.807) is 12.1 Å². The van der Waals surface area contributed by atoms with E-state index in [1.807, 2.05) is 42.5 Å². The van der Waals surface area contributed by atoms with E-state index in [-0.39, 0.29) is 11.5 Å². The maximum atomic E-state index is 12.4. The molecular formula is C22H17NO5. The maximum Gasteiger partial charge on any atom is 0.315 e. The number of nitro groups is 1. The molecule has 0 aliphatic carbocycles. The molecule has 0 aliphatic rings. The summed E-state index contributed by atoms with van der Waals surface area (Å²) in [5, 5.41) is 20.9. The first-order valence-corrected chi connectivity index (χ1v) is 8.43. The molecular weight excluding hydrogens is 358 g/mol. The Morgan fingerprint density at radius 3 is 2.29 bits per heavy atom. The van der Waals surface area contributed by atoms with Crippen LogP contribution in [0.2, 0.25) is 0 Å². The Bertz CT molecular complexity index is 1040. The molecule has 1 N–H and O–H groups in total. The lowest BCUT2D eigenvalue weighted by atomic mass is 10.0. The number of carbonyl (C=O) groups excluding carboxylic acids is 1. The number of nitrogens with zero attached hydrogens (tertiary/aromatic N) is 1. The summed E-state index contributed by atoms with van der Waals surface area (Å²) < 4.78 is 4.95. The topological polar surface area (TPSA) is 89.7 Å². The van der Waals surface area contributed by atoms with Gasteiger partial charge in [0.15, 0.2) is 11.5 Å². The number of phenols is 1. The van der Waals surface area contributed by atoms with Gasteiger partial charge >= 0.3 is 5.69 Å². The molecule has 3 aromatic carbocycles. The van der Waals surface area contributed by atoms with Gasteiger partial charge in [-0.1, -0.05) is 60.7 Å². The molecule has 0 saturated carbocycles. The van der Waals surface area contributed by atoms with Crippen LogP contribution in [0.4, 0.5) is 5.69 Å². The van der Waals surface area contributed by atoms with Crippen LogP contribution in [-0.4, -0.2) is 22.9 Å². The van der Waals surface area contributed by atoms with E-state index >= 15 is 0 Å². The Balaban J connectivity index is 1.82. The van der Waals surface area contributed by atoms with Gasteiger partial charge in [0.05, 0.1) is 12.0 Å². The number of carbonyl (C=O) groups is 1. The molecule has 0 aliphatic heterocycles. The van der Waals surface area contributed by atoms with Gasteiger partial charge in [0.1, 0.15) is 0 Å². The second kappa shape index (κ2) is 8.18. The molecule has 0 aromatic heterocycles. The summed E-state index contributed by atoms with van der Waals surface area (Å²) >= 11 is 0. The average Bonchev–Trinajstić information content (AvgIpc) is 2.73. The number of rotatable bonds is 6. The summed E-state index contributed by atoms with van der Waals surface area (Å²) in [7, 11) is 1.30. The fourth-order valence-corrected chi connectivity index (χ4v) is 2.73. The maximum absolute atomic E-state index is 12.4. The van der Waals surface area contributed by atoms with Crippen LogP contribution in [-0.2, 0) is 0 Å². The van der Waals surface area contributed by atoms with Gasteiger partial charge in [-0.05, 0) is 28.8 Å². The van der Waals surface area contributed by atoms with Gasteiger partial charge < -0.3 is 9.84 Å². The fourth-order valence-electron chi connectivity index (χ4n) is 2.73. The van der Waals surface area contributed by atoms with Crippen LogP contribution in [0.5, 0.6) is 11.5 Å². The number of ether oxygens (including phenoxy) is 1. The van der Waals surface area contributed by atoms with E-state index in [2.05, 4.69) is 0 Å². The molecule has 6 heteroatoms. The van der Waals surface area contributed by atoms with Gasteiger partial charge in [-0.25, -0.2) is 0 Å². The Kier molecular flexibility index (Phi) is 5.50. The first-order valence-electron chi connectivity index (χ1n) is 8.43. The Hall–Kier alpha value is -3.93. The van der Waals surface area contributed by atoms with E-state index in [1.165, 1.54) is 31.4 Å². The average molecular weight is 375 g/mol. The van der Waals surface area contributed by atoms with Gasteiger partial charge in [0, 0.05) is 11.6 Å². The highest BCUT2D eigenvalue weighted by atomic mass is 16.6. The zero-order chi connectivity index (χ0) is 20.1.